The van der Waals surface area contributed by atoms with Gasteiger partial charge in [0, 0.05) is 43.2 Å². The number of carbonyl (C=O) groups is 1. The maximum atomic E-state index is 14.7. The van der Waals surface area contributed by atoms with Gasteiger partial charge in [-0.3, -0.25) is 9.79 Å². The maximum Gasteiger partial charge on any atom is 0.256 e. The van der Waals surface area contributed by atoms with E-state index in [1.54, 1.807) is 23.2 Å². The molecule has 2 unspecified atom stereocenters. The molecule has 0 saturated carbocycles. The third-order valence-electron chi connectivity index (χ3n) is 6.74. The van der Waals surface area contributed by atoms with Crippen LogP contribution >= 0.6 is 11.6 Å². The molecule has 35 heavy (non-hydrogen) atoms. The molecule has 184 valence electrons. The van der Waals surface area contributed by atoms with Crippen LogP contribution in [0.4, 0.5) is 8.78 Å². The fourth-order valence-electron chi connectivity index (χ4n) is 4.89. The molecule has 0 spiro atoms. The van der Waals surface area contributed by atoms with Crippen molar-refractivity contribution in [2.45, 2.75) is 31.6 Å². The van der Waals surface area contributed by atoms with E-state index in [2.05, 4.69) is 26.3 Å². The van der Waals surface area contributed by atoms with Crippen molar-refractivity contribution in [2.24, 2.45) is 10.9 Å². The quantitative estimate of drug-likeness (QED) is 0.499. The van der Waals surface area contributed by atoms with Crippen LogP contribution in [-0.2, 0) is 0 Å². The SMILES string of the molecule is CC1(C2=CNC3NC=C(Cl)C=C23)N=CC(F)=C(NC[C@H]2CCCN(C(=O)c3ccccc3F)C2)N1. The molecular formula is C25H27ClF2N6O. The minimum Gasteiger partial charge on any atom is -0.369 e. The second-order valence-electron chi connectivity index (χ2n) is 9.25. The van der Waals surface area contributed by atoms with Crippen molar-refractivity contribution in [3.05, 3.63) is 81.9 Å². The van der Waals surface area contributed by atoms with Gasteiger partial charge in [0.1, 0.15) is 17.8 Å². The molecule has 1 aromatic rings. The zero-order valence-corrected chi connectivity index (χ0v) is 20.0. The van der Waals surface area contributed by atoms with Crippen LogP contribution in [0.3, 0.4) is 0 Å². The lowest BCUT2D eigenvalue weighted by Gasteiger charge is -2.36. The average molecular weight is 501 g/mol. The summed E-state index contributed by atoms with van der Waals surface area (Å²) in [7, 11) is 0. The predicted molar refractivity (Wildman–Crippen MR) is 131 cm³/mol. The summed E-state index contributed by atoms with van der Waals surface area (Å²) in [5.74, 6) is -0.985. The number of benzene rings is 1. The summed E-state index contributed by atoms with van der Waals surface area (Å²) in [6.07, 6.45) is 8.22. The van der Waals surface area contributed by atoms with Crippen molar-refractivity contribution >= 4 is 23.7 Å². The predicted octanol–water partition coefficient (Wildman–Crippen LogP) is 3.22. The molecule has 3 atom stereocenters. The molecule has 1 fully saturated rings. The minimum absolute atomic E-state index is 0.0778. The number of carbonyl (C=O) groups excluding carboxylic acids is 1. The monoisotopic (exact) mass is 500 g/mol. The van der Waals surface area contributed by atoms with Crippen LogP contribution in [-0.4, -0.2) is 48.5 Å². The Hall–Kier alpha value is -3.33. The van der Waals surface area contributed by atoms with E-state index in [1.165, 1.54) is 18.3 Å². The third kappa shape index (κ3) is 4.65. The van der Waals surface area contributed by atoms with Crippen molar-refractivity contribution in [1.29, 1.82) is 0 Å². The zero-order chi connectivity index (χ0) is 24.6. The van der Waals surface area contributed by atoms with Gasteiger partial charge in [0.25, 0.3) is 5.91 Å². The van der Waals surface area contributed by atoms with Crippen LogP contribution in [0.1, 0.15) is 30.1 Å². The number of halogens is 3. The number of likely N-dealkylation sites (tertiary alicyclic amines) is 1. The van der Waals surface area contributed by atoms with Crippen molar-refractivity contribution < 1.29 is 13.6 Å². The second-order valence-corrected chi connectivity index (χ2v) is 9.69. The molecule has 1 saturated heterocycles. The first-order chi connectivity index (χ1) is 16.8. The van der Waals surface area contributed by atoms with Crippen LogP contribution < -0.4 is 21.3 Å². The summed E-state index contributed by atoms with van der Waals surface area (Å²) in [4.78, 5) is 18.9. The normalized spacial score (nSPS) is 27.7. The van der Waals surface area contributed by atoms with Gasteiger partial charge < -0.3 is 26.2 Å². The van der Waals surface area contributed by atoms with Gasteiger partial charge in [-0.15, -0.1) is 0 Å². The number of piperidine rings is 1. The van der Waals surface area contributed by atoms with Gasteiger partial charge in [0.2, 0.25) is 0 Å². The number of amides is 1. The number of nitrogens with one attached hydrogen (secondary N) is 4. The van der Waals surface area contributed by atoms with Crippen LogP contribution in [0.15, 0.2) is 75.6 Å². The molecule has 4 heterocycles. The molecule has 4 aliphatic rings. The number of rotatable bonds is 5. The van der Waals surface area contributed by atoms with Crippen LogP contribution in [0, 0.1) is 11.7 Å². The van der Waals surface area contributed by atoms with Crippen LogP contribution in [0.2, 0.25) is 0 Å². The molecule has 0 radical (unpaired) electrons. The Morgan fingerprint density at radius 1 is 1.29 bits per heavy atom. The Bertz CT molecular complexity index is 1190. The number of allylic oxidation sites excluding steroid dienone is 3. The molecule has 4 aliphatic heterocycles. The van der Waals surface area contributed by atoms with Gasteiger partial charge in [-0.05, 0) is 43.9 Å². The molecule has 7 nitrogen and oxygen atoms in total. The fourth-order valence-corrected chi connectivity index (χ4v) is 5.07. The fraction of sp³-hybridized carbons (Fsp3) is 0.360. The van der Waals surface area contributed by atoms with Crippen LogP contribution in [0.5, 0.6) is 0 Å². The van der Waals surface area contributed by atoms with Gasteiger partial charge >= 0.3 is 0 Å². The van der Waals surface area contributed by atoms with Gasteiger partial charge in [-0.2, -0.15) is 0 Å². The minimum atomic E-state index is -0.902. The Kier molecular flexibility index (Phi) is 6.27. The highest BCUT2D eigenvalue weighted by Crippen LogP contribution is 2.35. The van der Waals surface area contributed by atoms with Crippen LogP contribution in [0.25, 0.3) is 0 Å². The van der Waals surface area contributed by atoms with E-state index >= 15 is 0 Å². The Morgan fingerprint density at radius 3 is 2.91 bits per heavy atom. The molecule has 1 amide bonds. The van der Waals surface area contributed by atoms with Gasteiger partial charge in [0.05, 0.1) is 16.8 Å². The maximum absolute atomic E-state index is 14.7. The molecule has 0 aromatic heterocycles. The topological polar surface area (TPSA) is 80.8 Å². The molecule has 5 rings (SSSR count). The van der Waals surface area contributed by atoms with Gasteiger partial charge in [-0.1, -0.05) is 23.7 Å². The number of dihydropyridines is 1. The molecule has 1 aromatic carbocycles. The summed E-state index contributed by atoms with van der Waals surface area (Å²) in [5, 5.41) is 13.4. The van der Waals surface area contributed by atoms with Gasteiger partial charge in [-0.25, -0.2) is 8.78 Å². The van der Waals surface area contributed by atoms with E-state index < -0.39 is 17.3 Å². The van der Waals surface area contributed by atoms with E-state index in [0.29, 0.717) is 24.7 Å². The Morgan fingerprint density at radius 2 is 2.09 bits per heavy atom. The molecule has 0 aliphatic carbocycles. The summed E-state index contributed by atoms with van der Waals surface area (Å²) in [6, 6.07) is 6.02. The first-order valence-electron chi connectivity index (χ1n) is 11.7. The highest BCUT2D eigenvalue weighted by molar-refractivity contribution is 6.31. The van der Waals surface area contributed by atoms with E-state index in [4.69, 9.17) is 11.6 Å². The van der Waals surface area contributed by atoms with Crippen molar-refractivity contribution in [2.75, 3.05) is 19.6 Å². The lowest BCUT2D eigenvalue weighted by atomic mass is 9.93. The Labute approximate surface area is 207 Å². The number of nitrogens with zero attached hydrogens (tertiary/aromatic N) is 2. The summed E-state index contributed by atoms with van der Waals surface area (Å²) >= 11 is 6.18. The standard InChI is InChI=1S/C25H27ClF2N6O/c1-25(19-12-31-22-18(19)9-16(26)11-30-22)32-13-21(28)23(33-25)29-10-15-5-4-8-34(14-15)24(35)17-6-2-3-7-20(17)27/h2-3,6-7,9,11-13,15,22,29-31,33H,4-5,8,10,14H2,1H3/t15-,22?,25?/m1/s1. The first-order valence-corrected chi connectivity index (χ1v) is 12.0. The second kappa shape index (κ2) is 9.37. The lowest BCUT2D eigenvalue weighted by Crippen LogP contribution is -2.50. The number of aliphatic imine (C=N–C) groups is 1. The largest absolute Gasteiger partial charge is 0.369 e. The average Bonchev–Trinajstić information content (AvgIpc) is 3.29. The molecule has 4 N–H and O–H groups in total. The number of fused-ring (bicyclic) bond motifs is 1. The summed E-state index contributed by atoms with van der Waals surface area (Å²) < 4.78 is 28.8. The molecule has 0 bridgehead atoms. The smallest absolute Gasteiger partial charge is 0.256 e. The molecular weight excluding hydrogens is 474 g/mol. The highest BCUT2D eigenvalue weighted by Gasteiger charge is 2.40. The van der Waals surface area contributed by atoms with Gasteiger partial charge in [0.15, 0.2) is 11.5 Å². The number of hydrogen-bond donors (Lipinski definition) is 4. The van der Waals surface area contributed by atoms with Crippen molar-refractivity contribution in [3.8, 4) is 0 Å². The van der Waals surface area contributed by atoms with E-state index in [0.717, 1.165) is 24.0 Å². The Balaban J connectivity index is 1.23. The zero-order valence-electron chi connectivity index (χ0n) is 19.2. The van der Waals surface area contributed by atoms with Crippen molar-refractivity contribution in [1.82, 2.24) is 26.2 Å². The van der Waals surface area contributed by atoms with E-state index in [9.17, 15) is 13.6 Å². The molecule has 10 heteroatoms. The van der Waals surface area contributed by atoms with E-state index in [1.807, 2.05) is 19.2 Å². The number of hydrogen-bond acceptors (Lipinski definition) is 6. The summed E-state index contributed by atoms with van der Waals surface area (Å²) in [6.45, 7) is 3.38. The van der Waals surface area contributed by atoms with E-state index in [-0.39, 0.29) is 29.4 Å². The summed E-state index contributed by atoms with van der Waals surface area (Å²) in [5.41, 5.74) is 0.958. The third-order valence-corrected chi connectivity index (χ3v) is 6.96. The highest BCUT2D eigenvalue weighted by atomic mass is 35.5. The lowest BCUT2D eigenvalue weighted by molar-refractivity contribution is 0.0669. The first kappa shape index (κ1) is 23.4. The van der Waals surface area contributed by atoms with Crippen molar-refractivity contribution in [3.63, 3.8) is 0 Å².